The van der Waals surface area contributed by atoms with Crippen molar-refractivity contribution in [3.8, 4) is 0 Å². The Labute approximate surface area is 129 Å². The van der Waals surface area contributed by atoms with Gasteiger partial charge in [0, 0.05) is 11.9 Å². The van der Waals surface area contributed by atoms with Crippen molar-refractivity contribution in [2.75, 3.05) is 18.1 Å². The Balaban J connectivity index is 2.18. The van der Waals surface area contributed by atoms with Crippen molar-refractivity contribution in [3.63, 3.8) is 0 Å². The molecule has 2 heterocycles. The number of hydrogen-bond donors (Lipinski definition) is 0. The summed E-state index contributed by atoms with van der Waals surface area (Å²) in [5, 5.41) is 2.79. The Morgan fingerprint density at radius 3 is 2.81 bits per heavy atom. The molecule has 1 aromatic rings. The lowest BCUT2D eigenvalue weighted by molar-refractivity contribution is -0.134. The number of aromatic nitrogens is 1. The van der Waals surface area contributed by atoms with Gasteiger partial charge in [0.2, 0.25) is 5.91 Å². The van der Waals surface area contributed by atoms with Gasteiger partial charge in [0.15, 0.2) is 9.84 Å². The summed E-state index contributed by atoms with van der Waals surface area (Å²) in [7, 11) is -3.06. The van der Waals surface area contributed by atoms with Crippen LogP contribution in [0.25, 0.3) is 0 Å². The minimum atomic E-state index is -3.06. The van der Waals surface area contributed by atoms with Crippen molar-refractivity contribution in [1.29, 1.82) is 0 Å². The Morgan fingerprint density at radius 1 is 1.62 bits per heavy atom. The molecule has 2 rings (SSSR count). The number of hydrogen-bond acceptors (Lipinski definition) is 5. The highest BCUT2D eigenvalue weighted by molar-refractivity contribution is 7.91. The maximum atomic E-state index is 12.6. The van der Waals surface area contributed by atoms with Crippen molar-refractivity contribution < 1.29 is 13.2 Å². The van der Waals surface area contributed by atoms with Crippen molar-refractivity contribution >= 4 is 27.1 Å². The Hall–Kier alpha value is -1.21. The van der Waals surface area contributed by atoms with Gasteiger partial charge in [0.25, 0.3) is 0 Å². The molecule has 0 N–H and O–H groups in total. The predicted molar refractivity (Wildman–Crippen MR) is 84.1 cm³/mol. The first-order valence-corrected chi connectivity index (χ1v) is 9.49. The van der Waals surface area contributed by atoms with Gasteiger partial charge in [-0.15, -0.1) is 17.9 Å². The molecule has 0 spiro atoms. The summed E-state index contributed by atoms with van der Waals surface area (Å²) in [6.07, 6.45) is 2.32. The Bertz CT molecular complexity index is 651. The molecular weight excluding hydrogens is 308 g/mol. The smallest absolute Gasteiger partial charge is 0.229 e. The van der Waals surface area contributed by atoms with Crippen LogP contribution in [-0.4, -0.2) is 47.8 Å². The fourth-order valence-electron chi connectivity index (χ4n) is 2.70. The van der Waals surface area contributed by atoms with E-state index >= 15 is 0 Å². The molecule has 0 aromatic carbocycles. The van der Waals surface area contributed by atoms with Crippen LogP contribution >= 0.6 is 11.3 Å². The second-order valence-corrected chi connectivity index (χ2v) is 8.91. The monoisotopic (exact) mass is 328 g/mol. The SMILES string of the molecule is C=CCN(C(=O)Cc1csc(C)n1)[C@@]1(C)CCS(=O)(=O)C1. The highest BCUT2D eigenvalue weighted by Crippen LogP contribution is 2.30. The van der Waals surface area contributed by atoms with Gasteiger partial charge in [-0.2, -0.15) is 0 Å². The molecule has 1 fully saturated rings. The molecule has 0 aliphatic carbocycles. The van der Waals surface area contributed by atoms with E-state index in [2.05, 4.69) is 11.6 Å². The molecule has 7 heteroatoms. The molecule has 1 aromatic heterocycles. The molecule has 1 aliphatic rings. The van der Waals surface area contributed by atoms with Crippen molar-refractivity contribution in [2.45, 2.75) is 32.2 Å². The second-order valence-electron chi connectivity index (χ2n) is 5.67. The van der Waals surface area contributed by atoms with E-state index in [-0.39, 0.29) is 23.8 Å². The fraction of sp³-hybridized carbons (Fsp3) is 0.571. The van der Waals surface area contributed by atoms with Gasteiger partial charge >= 0.3 is 0 Å². The van der Waals surface area contributed by atoms with Crippen LogP contribution in [0.2, 0.25) is 0 Å². The quantitative estimate of drug-likeness (QED) is 0.770. The van der Waals surface area contributed by atoms with Crippen LogP contribution in [0.5, 0.6) is 0 Å². The average Bonchev–Trinajstić information content (AvgIpc) is 2.90. The van der Waals surface area contributed by atoms with Crippen LogP contribution in [0, 0.1) is 6.92 Å². The summed E-state index contributed by atoms with van der Waals surface area (Å²) in [4.78, 5) is 18.5. The lowest BCUT2D eigenvalue weighted by atomic mass is 9.98. The molecule has 0 radical (unpaired) electrons. The van der Waals surface area contributed by atoms with E-state index in [1.165, 1.54) is 11.3 Å². The van der Waals surface area contributed by atoms with E-state index in [9.17, 15) is 13.2 Å². The van der Waals surface area contributed by atoms with Gasteiger partial charge < -0.3 is 4.90 Å². The minimum Gasteiger partial charge on any atom is -0.332 e. The van der Waals surface area contributed by atoms with Crippen LogP contribution in [0.15, 0.2) is 18.0 Å². The number of thiazole rings is 1. The Kier molecular flexibility index (Phi) is 4.53. The lowest BCUT2D eigenvalue weighted by Crippen LogP contribution is -2.51. The summed E-state index contributed by atoms with van der Waals surface area (Å²) in [5.41, 5.74) is 0.0934. The molecule has 0 bridgehead atoms. The topological polar surface area (TPSA) is 67.3 Å². The predicted octanol–water partition coefficient (Wildman–Crippen LogP) is 1.59. The molecule has 0 unspecified atom stereocenters. The largest absolute Gasteiger partial charge is 0.332 e. The number of nitrogens with zero attached hydrogens (tertiary/aromatic N) is 2. The third kappa shape index (κ3) is 3.71. The number of amides is 1. The standard InChI is InChI=1S/C14H20N2O3S2/c1-4-6-16(14(3)5-7-21(18,19)10-14)13(17)8-12-9-20-11(2)15-12/h4,9H,1,5-8,10H2,2-3H3/t14-/m0/s1. The van der Waals surface area contributed by atoms with E-state index in [0.29, 0.717) is 13.0 Å². The zero-order valence-electron chi connectivity index (χ0n) is 12.3. The average molecular weight is 328 g/mol. The van der Waals surface area contributed by atoms with E-state index in [4.69, 9.17) is 0 Å². The molecule has 0 saturated carbocycles. The zero-order valence-corrected chi connectivity index (χ0v) is 14.0. The van der Waals surface area contributed by atoms with Crippen molar-refractivity contribution in [2.24, 2.45) is 0 Å². The molecule has 5 nitrogen and oxygen atoms in total. The second kappa shape index (κ2) is 5.88. The molecule has 1 amide bonds. The number of aryl methyl sites for hydroxylation is 1. The first-order chi connectivity index (χ1) is 9.76. The van der Waals surface area contributed by atoms with Crippen molar-refractivity contribution in [3.05, 3.63) is 28.7 Å². The maximum Gasteiger partial charge on any atom is 0.229 e. The van der Waals surface area contributed by atoms with E-state index in [1.54, 1.807) is 11.0 Å². The molecule has 21 heavy (non-hydrogen) atoms. The van der Waals surface area contributed by atoms with Gasteiger partial charge in [0.05, 0.1) is 34.2 Å². The van der Waals surface area contributed by atoms with Gasteiger partial charge in [-0.3, -0.25) is 4.79 Å². The third-order valence-corrected chi connectivity index (χ3v) is 6.46. The van der Waals surface area contributed by atoms with Crippen molar-refractivity contribution in [1.82, 2.24) is 9.88 Å². The number of carbonyl (C=O) groups is 1. The number of rotatable bonds is 5. The highest BCUT2D eigenvalue weighted by atomic mass is 32.2. The third-order valence-electron chi connectivity index (χ3n) is 3.75. The molecule has 116 valence electrons. The molecule has 1 saturated heterocycles. The van der Waals surface area contributed by atoms with E-state index in [0.717, 1.165) is 10.7 Å². The zero-order chi connectivity index (χ0) is 15.7. The van der Waals surface area contributed by atoms with Gasteiger partial charge in [-0.05, 0) is 20.3 Å². The van der Waals surface area contributed by atoms with Gasteiger partial charge in [-0.1, -0.05) is 6.08 Å². The maximum absolute atomic E-state index is 12.6. The number of sulfone groups is 1. The summed E-state index contributed by atoms with van der Waals surface area (Å²) >= 11 is 1.50. The lowest BCUT2D eigenvalue weighted by Gasteiger charge is -2.37. The van der Waals surface area contributed by atoms with Crippen LogP contribution in [0.4, 0.5) is 0 Å². The normalized spacial score (nSPS) is 23.9. The fourth-order valence-corrected chi connectivity index (χ4v) is 5.45. The van der Waals surface area contributed by atoms with Gasteiger partial charge in [0.1, 0.15) is 0 Å². The molecule has 1 aliphatic heterocycles. The minimum absolute atomic E-state index is 0.0235. The highest BCUT2D eigenvalue weighted by Gasteiger charge is 2.44. The first kappa shape index (κ1) is 16.2. The summed E-state index contributed by atoms with van der Waals surface area (Å²) in [6, 6.07) is 0. The van der Waals surface area contributed by atoms with Crippen LogP contribution in [0.3, 0.4) is 0 Å². The van der Waals surface area contributed by atoms with Crippen LogP contribution < -0.4 is 0 Å². The summed E-state index contributed by atoms with van der Waals surface area (Å²) in [6.45, 7) is 7.76. The van der Waals surface area contributed by atoms with Crippen LogP contribution in [0.1, 0.15) is 24.0 Å². The Morgan fingerprint density at radius 2 is 2.33 bits per heavy atom. The molecular formula is C14H20N2O3S2. The molecule has 1 atom stereocenters. The van der Waals surface area contributed by atoms with E-state index < -0.39 is 15.4 Å². The summed E-state index contributed by atoms with van der Waals surface area (Å²) < 4.78 is 23.5. The number of carbonyl (C=O) groups excluding carboxylic acids is 1. The first-order valence-electron chi connectivity index (χ1n) is 6.78. The van der Waals surface area contributed by atoms with Crippen LogP contribution in [-0.2, 0) is 21.1 Å². The summed E-state index contributed by atoms with van der Waals surface area (Å²) in [5.74, 6) is 0.0652. The van der Waals surface area contributed by atoms with E-state index in [1.807, 2.05) is 19.2 Å². The van der Waals surface area contributed by atoms with Gasteiger partial charge in [-0.25, -0.2) is 13.4 Å².